The van der Waals surface area contributed by atoms with Crippen molar-refractivity contribution in [3.8, 4) is 11.6 Å². The first kappa shape index (κ1) is 11.0. The minimum Gasteiger partial charge on any atom is -0.439 e. The highest BCUT2D eigenvalue weighted by Gasteiger charge is 2.02. The van der Waals surface area contributed by atoms with Gasteiger partial charge in [-0.15, -0.1) is 0 Å². The zero-order valence-electron chi connectivity index (χ0n) is 8.45. The second-order valence-electron chi connectivity index (χ2n) is 3.19. The Bertz CT molecular complexity index is 519. The molecule has 1 heterocycles. The van der Waals surface area contributed by atoms with Crippen molar-refractivity contribution >= 4 is 15.9 Å². The molecule has 2 aromatic rings. The Balaban J connectivity index is 2.24. The molecule has 0 aliphatic heterocycles. The molecule has 0 aliphatic carbocycles. The standard InChI is InChI=1S/C11H8BrFN2O/c1-7-4-8(2-3-9(7)12)16-11-5-10(13)14-6-15-11/h2-6H,1H3. The van der Waals surface area contributed by atoms with E-state index in [4.69, 9.17) is 4.74 Å². The fourth-order valence-corrected chi connectivity index (χ4v) is 1.42. The first-order valence-corrected chi connectivity index (χ1v) is 5.36. The largest absolute Gasteiger partial charge is 0.439 e. The van der Waals surface area contributed by atoms with E-state index in [9.17, 15) is 4.39 Å². The van der Waals surface area contributed by atoms with E-state index in [1.165, 1.54) is 0 Å². The van der Waals surface area contributed by atoms with Crippen molar-refractivity contribution < 1.29 is 9.13 Å². The van der Waals surface area contributed by atoms with Gasteiger partial charge in [0.15, 0.2) is 0 Å². The quantitative estimate of drug-likeness (QED) is 0.791. The predicted molar refractivity (Wildman–Crippen MR) is 60.9 cm³/mol. The molecule has 0 atom stereocenters. The van der Waals surface area contributed by atoms with Gasteiger partial charge in [0.1, 0.15) is 12.1 Å². The summed E-state index contributed by atoms with van der Waals surface area (Å²) in [5, 5.41) is 0. The van der Waals surface area contributed by atoms with Gasteiger partial charge in [0.05, 0.1) is 6.07 Å². The number of nitrogens with zero attached hydrogens (tertiary/aromatic N) is 2. The lowest BCUT2D eigenvalue weighted by Gasteiger charge is -2.05. The van der Waals surface area contributed by atoms with Crippen molar-refractivity contribution in [2.45, 2.75) is 6.92 Å². The second-order valence-corrected chi connectivity index (χ2v) is 4.05. The Labute approximate surface area is 100 Å². The molecule has 1 aromatic heterocycles. The number of rotatable bonds is 2. The van der Waals surface area contributed by atoms with Gasteiger partial charge in [0, 0.05) is 4.47 Å². The monoisotopic (exact) mass is 282 g/mol. The molecule has 0 bridgehead atoms. The summed E-state index contributed by atoms with van der Waals surface area (Å²) in [5.41, 5.74) is 1.03. The number of ether oxygens (including phenoxy) is 1. The molecular weight excluding hydrogens is 275 g/mol. The van der Waals surface area contributed by atoms with Gasteiger partial charge in [-0.3, -0.25) is 0 Å². The molecule has 82 valence electrons. The molecule has 0 saturated carbocycles. The second kappa shape index (κ2) is 4.57. The summed E-state index contributed by atoms with van der Waals surface area (Å²) in [4.78, 5) is 7.15. The molecular formula is C11H8BrFN2O. The van der Waals surface area contributed by atoms with Crippen molar-refractivity contribution in [1.82, 2.24) is 9.97 Å². The van der Waals surface area contributed by atoms with Crippen LogP contribution in [0.1, 0.15) is 5.56 Å². The highest BCUT2D eigenvalue weighted by molar-refractivity contribution is 9.10. The maximum Gasteiger partial charge on any atom is 0.225 e. The summed E-state index contributed by atoms with van der Waals surface area (Å²) in [6.07, 6.45) is 1.12. The zero-order valence-corrected chi connectivity index (χ0v) is 10.0. The van der Waals surface area contributed by atoms with Crippen molar-refractivity contribution in [2.24, 2.45) is 0 Å². The Kier molecular flexibility index (Phi) is 3.14. The van der Waals surface area contributed by atoms with E-state index < -0.39 is 5.95 Å². The summed E-state index contributed by atoms with van der Waals surface area (Å²) in [7, 11) is 0. The summed E-state index contributed by atoms with van der Waals surface area (Å²) < 4.78 is 19.2. The normalized spacial score (nSPS) is 10.2. The van der Waals surface area contributed by atoms with Gasteiger partial charge in [-0.05, 0) is 30.7 Å². The molecule has 2 rings (SSSR count). The van der Waals surface area contributed by atoms with E-state index in [1.807, 2.05) is 19.1 Å². The van der Waals surface area contributed by atoms with Crippen LogP contribution in [0.15, 0.2) is 35.1 Å². The third-order valence-corrected chi connectivity index (χ3v) is 2.85. The van der Waals surface area contributed by atoms with Crippen LogP contribution in [0.4, 0.5) is 4.39 Å². The van der Waals surface area contributed by atoms with E-state index in [0.29, 0.717) is 5.75 Å². The van der Waals surface area contributed by atoms with Gasteiger partial charge in [-0.2, -0.15) is 4.39 Å². The van der Waals surface area contributed by atoms with Crippen LogP contribution in [0.2, 0.25) is 0 Å². The molecule has 0 radical (unpaired) electrons. The van der Waals surface area contributed by atoms with Crippen molar-refractivity contribution in [3.63, 3.8) is 0 Å². The minimum absolute atomic E-state index is 0.189. The molecule has 0 aliphatic rings. The first-order valence-electron chi connectivity index (χ1n) is 4.57. The summed E-state index contributed by atoms with van der Waals surface area (Å²) in [6.45, 7) is 1.94. The van der Waals surface area contributed by atoms with Gasteiger partial charge < -0.3 is 4.74 Å². The number of hydrogen-bond donors (Lipinski definition) is 0. The summed E-state index contributed by atoms with van der Waals surface area (Å²) in [6, 6.07) is 6.61. The van der Waals surface area contributed by atoms with E-state index in [-0.39, 0.29) is 5.88 Å². The van der Waals surface area contributed by atoms with E-state index >= 15 is 0 Å². The number of hydrogen-bond acceptors (Lipinski definition) is 3. The summed E-state index contributed by atoms with van der Waals surface area (Å²) >= 11 is 3.39. The van der Waals surface area contributed by atoms with Crippen LogP contribution in [0, 0.1) is 12.9 Å². The maximum absolute atomic E-state index is 12.8. The van der Waals surface area contributed by atoms with Crippen LogP contribution in [0.25, 0.3) is 0 Å². The Morgan fingerprint density at radius 1 is 1.25 bits per heavy atom. The zero-order chi connectivity index (χ0) is 11.5. The van der Waals surface area contributed by atoms with Gasteiger partial charge in [0.2, 0.25) is 11.8 Å². The highest BCUT2D eigenvalue weighted by atomic mass is 79.9. The van der Waals surface area contributed by atoms with Gasteiger partial charge in [-0.25, -0.2) is 9.97 Å². The van der Waals surface area contributed by atoms with Crippen LogP contribution >= 0.6 is 15.9 Å². The van der Waals surface area contributed by atoms with E-state index in [0.717, 1.165) is 22.4 Å². The Hall–Kier alpha value is -1.49. The lowest BCUT2D eigenvalue weighted by atomic mass is 10.2. The number of halogens is 2. The predicted octanol–water partition coefficient (Wildman–Crippen LogP) is 3.48. The topological polar surface area (TPSA) is 35.0 Å². The van der Waals surface area contributed by atoms with Crippen LogP contribution in [-0.4, -0.2) is 9.97 Å². The van der Waals surface area contributed by atoms with Crippen molar-refractivity contribution in [1.29, 1.82) is 0 Å². The van der Waals surface area contributed by atoms with Crippen molar-refractivity contribution in [3.05, 3.63) is 46.6 Å². The molecule has 3 nitrogen and oxygen atoms in total. The maximum atomic E-state index is 12.8. The van der Waals surface area contributed by atoms with Crippen molar-refractivity contribution in [2.75, 3.05) is 0 Å². The van der Waals surface area contributed by atoms with Crippen LogP contribution in [0.3, 0.4) is 0 Å². The fourth-order valence-electron chi connectivity index (χ4n) is 1.17. The van der Waals surface area contributed by atoms with Gasteiger partial charge >= 0.3 is 0 Å². The van der Waals surface area contributed by atoms with E-state index in [2.05, 4.69) is 25.9 Å². The molecule has 0 amide bonds. The third-order valence-electron chi connectivity index (χ3n) is 1.96. The Morgan fingerprint density at radius 2 is 2.06 bits per heavy atom. The van der Waals surface area contributed by atoms with Gasteiger partial charge in [0.25, 0.3) is 0 Å². The lowest BCUT2D eigenvalue weighted by Crippen LogP contribution is -1.91. The smallest absolute Gasteiger partial charge is 0.225 e. The van der Waals surface area contributed by atoms with E-state index in [1.54, 1.807) is 6.07 Å². The average molecular weight is 283 g/mol. The highest BCUT2D eigenvalue weighted by Crippen LogP contribution is 2.24. The molecule has 0 fully saturated rings. The fraction of sp³-hybridized carbons (Fsp3) is 0.0909. The molecule has 0 unspecified atom stereocenters. The van der Waals surface area contributed by atoms with Crippen LogP contribution < -0.4 is 4.74 Å². The summed E-state index contributed by atoms with van der Waals surface area (Å²) in [5.74, 6) is 0.187. The first-order chi connectivity index (χ1) is 7.65. The molecule has 5 heteroatoms. The van der Waals surface area contributed by atoms with Crippen LogP contribution in [-0.2, 0) is 0 Å². The number of aryl methyl sites for hydroxylation is 1. The number of benzene rings is 1. The molecule has 0 saturated heterocycles. The average Bonchev–Trinajstić information content (AvgIpc) is 2.24. The SMILES string of the molecule is Cc1cc(Oc2cc(F)ncn2)ccc1Br. The Morgan fingerprint density at radius 3 is 2.75 bits per heavy atom. The molecule has 16 heavy (non-hydrogen) atoms. The third kappa shape index (κ3) is 2.55. The van der Waals surface area contributed by atoms with Crippen LogP contribution in [0.5, 0.6) is 11.6 Å². The molecule has 0 spiro atoms. The van der Waals surface area contributed by atoms with Gasteiger partial charge in [-0.1, -0.05) is 15.9 Å². The molecule has 1 aromatic carbocycles. The minimum atomic E-state index is -0.612. The lowest BCUT2D eigenvalue weighted by molar-refractivity contribution is 0.450. The number of aromatic nitrogens is 2. The molecule has 0 N–H and O–H groups in total.